The molecule has 1 N–H and O–H groups in total. The van der Waals surface area contributed by atoms with Gasteiger partial charge >= 0.3 is 0 Å². The monoisotopic (exact) mass is 174 g/mol. The summed E-state index contributed by atoms with van der Waals surface area (Å²) in [4.78, 5) is 0. The highest BCUT2D eigenvalue weighted by Crippen LogP contribution is 2.47. The van der Waals surface area contributed by atoms with Crippen LogP contribution in [0.2, 0.25) is 0 Å². The van der Waals surface area contributed by atoms with E-state index in [1.165, 1.54) is 19.3 Å². The first-order valence-corrected chi connectivity index (χ1v) is 5.06. The van der Waals surface area contributed by atoms with Crippen LogP contribution in [0, 0.1) is 11.8 Å². The van der Waals surface area contributed by atoms with E-state index in [-0.39, 0.29) is 5.60 Å². The first-order valence-electron chi connectivity index (χ1n) is 4.53. The minimum Gasteiger partial charge on any atom is -0.390 e. The SMILES string of the molecule is OC12CCC(CC1)C[C@@H]2CCl. The van der Waals surface area contributed by atoms with Gasteiger partial charge in [-0.15, -0.1) is 11.6 Å². The van der Waals surface area contributed by atoms with Crippen LogP contribution in [-0.2, 0) is 0 Å². The van der Waals surface area contributed by atoms with Crippen LogP contribution in [0.1, 0.15) is 32.1 Å². The normalized spacial score (nSPS) is 49.6. The molecule has 1 nitrogen and oxygen atoms in total. The Labute approximate surface area is 72.7 Å². The fourth-order valence-electron chi connectivity index (χ4n) is 2.65. The molecular weight excluding hydrogens is 160 g/mol. The summed E-state index contributed by atoms with van der Waals surface area (Å²) >= 11 is 5.80. The smallest absolute Gasteiger partial charge is 0.0687 e. The summed E-state index contributed by atoms with van der Waals surface area (Å²) < 4.78 is 0. The molecule has 2 bridgehead atoms. The molecule has 3 saturated carbocycles. The highest BCUT2D eigenvalue weighted by molar-refractivity contribution is 6.18. The van der Waals surface area contributed by atoms with E-state index in [2.05, 4.69) is 0 Å². The van der Waals surface area contributed by atoms with Crippen molar-refractivity contribution in [1.82, 2.24) is 0 Å². The number of alkyl halides is 1. The van der Waals surface area contributed by atoms with Gasteiger partial charge in [-0.3, -0.25) is 0 Å². The van der Waals surface area contributed by atoms with Crippen LogP contribution in [0.3, 0.4) is 0 Å². The maximum Gasteiger partial charge on any atom is 0.0687 e. The zero-order valence-electron chi connectivity index (χ0n) is 6.72. The van der Waals surface area contributed by atoms with E-state index < -0.39 is 0 Å². The number of rotatable bonds is 1. The number of hydrogen-bond acceptors (Lipinski definition) is 1. The van der Waals surface area contributed by atoms with Crippen molar-refractivity contribution in [2.45, 2.75) is 37.7 Å². The van der Waals surface area contributed by atoms with Gasteiger partial charge in [-0.1, -0.05) is 0 Å². The molecule has 3 fully saturated rings. The molecule has 0 aromatic rings. The number of halogens is 1. The molecule has 0 aromatic heterocycles. The summed E-state index contributed by atoms with van der Waals surface area (Å²) in [6, 6.07) is 0. The summed E-state index contributed by atoms with van der Waals surface area (Å²) in [6.07, 6.45) is 5.61. The average molecular weight is 175 g/mol. The first-order chi connectivity index (χ1) is 5.24. The Hall–Kier alpha value is 0.250. The van der Waals surface area contributed by atoms with E-state index in [1.54, 1.807) is 0 Å². The van der Waals surface area contributed by atoms with Crippen molar-refractivity contribution < 1.29 is 5.11 Å². The first kappa shape index (κ1) is 7.88. The summed E-state index contributed by atoms with van der Waals surface area (Å²) in [7, 11) is 0. The fourth-order valence-corrected chi connectivity index (χ4v) is 3.06. The molecule has 0 amide bonds. The van der Waals surface area contributed by atoms with E-state index in [1.807, 2.05) is 0 Å². The van der Waals surface area contributed by atoms with Crippen LogP contribution in [0.25, 0.3) is 0 Å². The topological polar surface area (TPSA) is 20.2 Å². The molecule has 3 aliphatic rings. The molecule has 2 heteroatoms. The molecule has 3 aliphatic carbocycles. The summed E-state index contributed by atoms with van der Waals surface area (Å²) in [6.45, 7) is 0. The van der Waals surface area contributed by atoms with Gasteiger partial charge in [0.05, 0.1) is 5.60 Å². The molecule has 64 valence electrons. The Kier molecular flexibility index (Phi) is 1.89. The van der Waals surface area contributed by atoms with Crippen LogP contribution in [-0.4, -0.2) is 16.6 Å². The lowest BCUT2D eigenvalue weighted by Crippen LogP contribution is -2.48. The van der Waals surface area contributed by atoms with Crippen LogP contribution in [0.15, 0.2) is 0 Å². The highest BCUT2D eigenvalue weighted by Gasteiger charge is 2.45. The lowest BCUT2D eigenvalue weighted by molar-refractivity contribution is -0.0955. The third-order valence-corrected chi connectivity index (χ3v) is 3.91. The van der Waals surface area contributed by atoms with E-state index >= 15 is 0 Å². The van der Waals surface area contributed by atoms with Crippen LogP contribution < -0.4 is 0 Å². The van der Waals surface area contributed by atoms with E-state index in [9.17, 15) is 5.11 Å². The third kappa shape index (κ3) is 1.19. The van der Waals surface area contributed by atoms with Crippen molar-refractivity contribution in [1.29, 1.82) is 0 Å². The maximum atomic E-state index is 10.1. The van der Waals surface area contributed by atoms with E-state index in [4.69, 9.17) is 11.6 Å². The standard InChI is InChI=1S/C9H15ClO/c10-6-8-5-7-1-3-9(8,11)4-2-7/h7-8,11H,1-6H2/t7?,8-,9?/m1/s1. The molecule has 3 rings (SSSR count). The Morgan fingerprint density at radius 1 is 1.36 bits per heavy atom. The van der Waals surface area contributed by atoms with Gasteiger partial charge < -0.3 is 5.11 Å². The summed E-state index contributed by atoms with van der Waals surface area (Å²) in [5, 5.41) is 10.1. The predicted molar refractivity (Wildman–Crippen MR) is 45.7 cm³/mol. The number of fused-ring (bicyclic) bond motifs is 3. The Morgan fingerprint density at radius 2 is 2.00 bits per heavy atom. The van der Waals surface area contributed by atoms with Crippen molar-refractivity contribution >= 4 is 11.6 Å². The molecular formula is C9H15ClO. The molecule has 0 spiro atoms. The second kappa shape index (κ2) is 2.63. The van der Waals surface area contributed by atoms with Gasteiger partial charge in [-0.25, -0.2) is 0 Å². The Bertz CT molecular complexity index is 150. The molecule has 0 aromatic carbocycles. The molecule has 1 atom stereocenters. The zero-order chi connectivity index (χ0) is 7.90. The highest BCUT2D eigenvalue weighted by atomic mass is 35.5. The van der Waals surface area contributed by atoms with Gasteiger partial charge in [-0.05, 0) is 38.0 Å². The van der Waals surface area contributed by atoms with Crippen LogP contribution >= 0.6 is 11.6 Å². The van der Waals surface area contributed by atoms with Gasteiger partial charge in [0.15, 0.2) is 0 Å². The molecule has 0 saturated heterocycles. The van der Waals surface area contributed by atoms with Crippen LogP contribution in [0.5, 0.6) is 0 Å². The molecule has 0 heterocycles. The zero-order valence-corrected chi connectivity index (χ0v) is 7.48. The van der Waals surface area contributed by atoms with Crippen molar-refractivity contribution in [2.24, 2.45) is 11.8 Å². The predicted octanol–water partition coefficient (Wildman–Crippen LogP) is 2.17. The second-order valence-corrected chi connectivity index (χ2v) is 4.44. The van der Waals surface area contributed by atoms with Crippen molar-refractivity contribution in [3.63, 3.8) is 0 Å². The summed E-state index contributed by atoms with van der Waals surface area (Å²) in [5.41, 5.74) is -0.378. The lowest BCUT2D eigenvalue weighted by Gasteiger charge is -2.48. The average Bonchev–Trinajstić information content (AvgIpc) is 2.05. The minimum atomic E-state index is -0.378. The number of aliphatic hydroxyl groups is 1. The molecule has 0 aliphatic heterocycles. The van der Waals surface area contributed by atoms with Gasteiger partial charge in [0, 0.05) is 11.8 Å². The Morgan fingerprint density at radius 3 is 2.36 bits per heavy atom. The quantitative estimate of drug-likeness (QED) is 0.605. The fraction of sp³-hybridized carbons (Fsp3) is 1.00. The minimum absolute atomic E-state index is 0.378. The lowest BCUT2D eigenvalue weighted by atomic mass is 9.62. The van der Waals surface area contributed by atoms with Gasteiger partial charge in [-0.2, -0.15) is 0 Å². The number of hydrogen-bond donors (Lipinski definition) is 1. The molecule has 0 radical (unpaired) electrons. The van der Waals surface area contributed by atoms with E-state index in [0.717, 1.165) is 18.8 Å². The third-order valence-electron chi connectivity index (χ3n) is 3.54. The molecule has 11 heavy (non-hydrogen) atoms. The van der Waals surface area contributed by atoms with Crippen LogP contribution in [0.4, 0.5) is 0 Å². The van der Waals surface area contributed by atoms with Gasteiger partial charge in [0.25, 0.3) is 0 Å². The summed E-state index contributed by atoms with van der Waals surface area (Å²) in [5.74, 6) is 1.90. The molecule has 0 unspecified atom stereocenters. The van der Waals surface area contributed by atoms with Gasteiger partial charge in [0.2, 0.25) is 0 Å². The van der Waals surface area contributed by atoms with Crippen molar-refractivity contribution in [3.05, 3.63) is 0 Å². The largest absolute Gasteiger partial charge is 0.390 e. The van der Waals surface area contributed by atoms with Gasteiger partial charge in [0.1, 0.15) is 0 Å². The maximum absolute atomic E-state index is 10.1. The Balaban J connectivity index is 2.13. The van der Waals surface area contributed by atoms with Crippen molar-refractivity contribution in [2.75, 3.05) is 5.88 Å². The van der Waals surface area contributed by atoms with E-state index in [0.29, 0.717) is 11.8 Å². The second-order valence-electron chi connectivity index (χ2n) is 4.13. The van der Waals surface area contributed by atoms with Crippen molar-refractivity contribution in [3.8, 4) is 0 Å².